The Balaban J connectivity index is 3.17. The van der Waals surface area contributed by atoms with E-state index < -0.39 is 0 Å². The molecule has 0 aromatic heterocycles. The number of carbonyl (C=O) groups excluding carboxylic acids is 1. The normalized spacial score (nSPS) is 10.1. The van der Waals surface area contributed by atoms with Gasteiger partial charge in [-0.1, -0.05) is 20.2 Å². The summed E-state index contributed by atoms with van der Waals surface area (Å²) >= 11 is 0. The van der Waals surface area contributed by atoms with Crippen LogP contribution in [-0.2, 0) is 4.79 Å². The van der Waals surface area contributed by atoms with Crippen LogP contribution in [0, 0.1) is 5.92 Å². The van der Waals surface area contributed by atoms with Gasteiger partial charge in [-0.25, -0.2) is 0 Å². The molecule has 1 amide bonds. The van der Waals surface area contributed by atoms with Crippen LogP contribution in [0.15, 0.2) is 0 Å². The Morgan fingerprint density at radius 1 is 1.55 bits per heavy atom. The molecule has 2 nitrogen and oxygen atoms in total. The molecule has 3 heteroatoms. The van der Waals surface area contributed by atoms with Crippen molar-refractivity contribution in [2.45, 2.75) is 33.0 Å². The van der Waals surface area contributed by atoms with E-state index in [1.807, 2.05) is 7.85 Å². The SMILES string of the molecule is BCCC(=O)NCCC(C)C. The maximum Gasteiger partial charge on any atom is 0.219 e. The third-order valence-corrected chi connectivity index (χ3v) is 1.52. The van der Waals surface area contributed by atoms with Crippen LogP contribution in [0.1, 0.15) is 26.7 Å². The quantitative estimate of drug-likeness (QED) is 0.578. The lowest BCUT2D eigenvalue weighted by Crippen LogP contribution is -2.24. The second-order valence-corrected chi connectivity index (χ2v) is 3.28. The highest BCUT2D eigenvalue weighted by Crippen LogP contribution is 1.96. The lowest BCUT2D eigenvalue weighted by atomic mass is 10.0. The van der Waals surface area contributed by atoms with Gasteiger partial charge in [0.2, 0.25) is 5.91 Å². The van der Waals surface area contributed by atoms with Gasteiger partial charge in [0.1, 0.15) is 7.85 Å². The first-order chi connectivity index (χ1) is 5.16. The van der Waals surface area contributed by atoms with Crippen molar-refractivity contribution >= 4 is 13.8 Å². The highest BCUT2D eigenvalue weighted by Gasteiger charge is 1.98. The number of nitrogens with one attached hydrogen (secondary N) is 1. The minimum Gasteiger partial charge on any atom is -0.356 e. The molecule has 64 valence electrons. The summed E-state index contributed by atoms with van der Waals surface area (Å²) in [5.74, 6) is 0.866. The molecule has 0 saturated carbocycles. The highest BCUT2D eigenvalue weighted by atomic mass is 16.1. The molecule has 0 aliphatic carbocycles. The Labute approximate surface area is 70.2 Å². The van der Waals surface area contributed by atoms with E-state index in [2.05, 4.69) is 19.2 Å². The van der Waals surface area contributed by atoms with E-state index in [0.29, 0.717) is 12.3 Å². The number of amides is 1. The fourth-order valence-corrected chi connectivity index (χ4v) is 0.816. The summed E-state index contributed by atoms with van der Waals surface area (Å²) in [7, 11) is 2.02. The third kappa shape index (κ3) is 7.43. The summed E-state index contributed by atoms with van der Waals surface area (Å²) < 4.78 is 0. The van der Waals surface area contributed by atoms with E-state index in [0.717, 1.165) is 19.3 Å². The molecular weight excluding hydrogens is 137 g/mol. The van der Waals surface area contributed by atoms with Gasteiger partial charge in [-0.05, 0) is 12.3 Å². The van der Waals surface area contributed by atoms with Gasteiger partial charge in [0, 0.05) is 13.0 Å². The molecule has 0 aromatic rings. The fraction of sp³-hybridized carbons (Fsp3) is 0.875. The first-order valence-electron chi connectivity index (χ1n) is 4.43. The van der Waals surface area contributed by atoms with Crippen LogP contribution in [0.25, 0.3) is 0 Å². The van der Waals surface area contributed by atoms with Gasteiger partial charge in [-0.2, -0.15) is 0 Å². The highest BCUT2D eigenvalue weighted by molar-refractivity contribution is 6.09. The molecule has 11 heavy (non-hydrogen) atoms. The molecular formula is C8H18BNO. The standard InChI is InChI=1S/C8H18BNO/c1-7(2)4-6-10-8(11)3-5-9/h7H,3-6,9H2,1-2H3,(H,10,11). The Bertz CT molecular complexity index is 115. The lowest BCUT2D eigenvalue weighted by molar-refractivity contribution is -0.120. The number of hydrogen-bond acceptors (Lipinski definition) is 1. The smallest absolute Gasteiger partial charge is 0.219 e. The Hall–Kier alpha value is -0.465. The molecule has 0 atom stereocenters. The second-order valence-electron chi connectivity index (χ2n) is 3.28. The summed E-state index contributed by atoms with van der Waals surface area (Å²) in [5.41, 5.74) is 0. The largest absolute Gasteiger partial charge is 0.356 e. The van der Waals surface area contributed by atoms with Gasteiger partial charge in [0.25, 0.3) is 0 Å². The molecule has 0 saturated heterocycles. The summed E-state index contributed by atoms with van der Waals surface area (Å²) in [4.78, 5) is 10.9. The molecule has 0 bridgehead atoms. The molecule has 0 unspecified atom stereocenters. The topological polar surface area (TPSA) is 29.1 Å². The minimum atomic E-state index is 0.188. The molecule has 0 radical (unpaired) electrons. The van der Waals surface area contributed by atoms with Crippen LogP contribution < -0.4 is 5.32 Å². The predicted octanol–water partition coefficient (Wildman–Crippen LogP) is 0.590. The zero-order valence-electron chi connectivity index (χ0n) is 7.81. The Morgan fingerprint density at radius 2 is 2.18 bits per heavy atom. The van der Waals surface area contributed by atoms with Crippen molar-refractivity contribution in [2.24, 2.45) is 5.92 Å². The van der Waals surface area contributed by atoms with Crippen LogP contribution in [0.5, 0.6) is 0 Å². The third-order valence-electron chi connectivity index (χ3n) is 1.52. The van der Waals surface area contributed by atoms with Crippen LogP contribution >= 0.6 is 0 Å². The van der Waals surface area contributed by atoms with Gasteiger partial charge in [0.15, 0.2) is 0 Å². The van der Waals surface area contributed by atoms with Crippen molar-refractivity contribution in [2.75, 3.05) is 6.54 Å². The summed E-state index contributed by atoms with van der Waals surface area (Å²) in [5, 5.41) is 2.88. The van der Waals surface area contributed by atoms with Crippen LogP contribution in [0.3, 0.4) is 0 Å². The van der Waals surface area contributed by atoms with E-state index in [1.165, 1.54) is 0 Å². The van der Waals surface area contributed by atoms with Gasteiger partial charge in [-0.3, -0.25) is 4.79 Å². The monoisotopic (exact) mass is 155 g/mol. The number of carbonyl (C=O) groups is 1. The summed E-state index contributed by atoms with van der Waals surface area (Å²) in [6.45, 7) is 5.15. The van der Waals surface area contributed by atoms with Crippen molar-refractivity contribution in [1.82, 2.24) is 5.32 Å². The summed E-state index contributed by atoms with van der Waals surface area (Å²) in [6.07, 6.45) is 2.68. The van der Waals surface area contributed by atoms with Gasteiger partial charge in [-0.15, -0.1) is 0 Å². The van der Waals surface area contributed by atoms with Crippen molar-refractivity contribution in [3.05, 3.63) is 0 Å². The van der Waals surface area contributed by atoms with E-state index >= 15 is 0 Å². The van der Waals surface area contributed by atoms with E-state index in [4.69, 9.17) is 0 Å². The number of rotatable bonds is 5. The molecule has 0 aliphatic heterocycles. The molecule has 0 spiro atoms. The molecule has 0 fully saturated rings. The number of hydrogen-bond donors (Lipinski definition) is 1. The first-order valence-corrected chi connectivity index (χ1v) is 4.43. The lowest BCUT2D eigenvalue weighted by Gasteiger charge is -2.05. The average molecular weight is 155 g/mol. The molecule has 0 heterocycles. The predicted molar refractivity (Wildman–Crippen MR) is 50.4 cm³/mol. The van der Waals surface area contributed by atoms with E-state index in [9.17, 15) is 4.79 Å². The molecule has 0 aromatic carbocycles. The first kappa shape index (κ1) is 10.5. The van der Waals surface area contributed by atoms with Gasteiger partial charge in [0.05, 0.1) is 0 Å². The van der Waals surface area contributed by atoms with Crippen LogP contribution in [-0.4, -0.2) is 20.3 Å². The van der Waals surface area contributed by atoms with Crippen LogP contribution in [0.4, 0.5) is 0 Å². The zero-order chi connectivity index (χ0) is 8.69. The van der Waals surface area contributed by atoms with Crippen LogP contribution in [0.2, 0.25) is 6.32 Å². The van der Waals surface area contributed by atoms with Gasteiger partial charge < -0.3 is 5.32 Å². The fourth-order valence-electron chi connectivity index (χ4n) is 0.816. The van der Waals surface area contributed by atoms with Crippen molar-refractivity contribution in [1.29, 1.82) is 0 Å². The maximum atomic E-state index is 10.9. The van der Waals surface area contributed by atoms with E-state index in [1.54, 1.807) is 0 Å². The Morgan fingerprint density at radius 3 is 2.64 bits per heavy atom. The van der Waals surface area contributed by atoms with Gasteiger partial charge >= 0.3 is 0 Å². The molecule has 1 N–H and O–H groups in total. The minimum absolute atomic E-state index is 0.188. The maximum absolute atomic E-state index is 10.9. The summed E-state index contributed by atoms with van der Waals surface area (Å²) in [6, 6.07) is 0. The Kier molecular flexibility index (Phi) is 5.99. The molecule has 0 aliphatic rings. The van der Waals surface area contributed by atoms with Crippen molar-refractivity contribution in [3.63, 3.8) is 0 Å². The van der Waals surface area contributed by atoms with Crippen molar-refractivity contribution < 1.29 is 4.79 Å². The zero-order valence-corrected chi connectivity index (χ0v) is 7.81. The average Bonchev–Trinajstić information content (AvgIpc) is 1.87. The second kappa shape index (κ2) is 6.26. The molecule has 0 rings (SSSR count). The van der Waals surface area contributed by atoms with Crippen molar-refractivity contribution in [3.8, 4) is 0 Å². The van der Waals surface area contributed by atoms with E-state index in [-0.39, 0.29) is 5.91 Å².